The van der Waals surface area contributed by atoms with E-state index >= 15 is 0 Å². The van der Waals surface area contributed by atoms with Gasteiger partial charge in [-0.1, -0.05) is 89.7 Å². The molecule has 0 radical (unpaired) electrons. The summed E-state index contributed by atoms with van der Waals surface area (Å²) in [5.74, 6) is 3.88. The molecule has 0 unspecified atom stereocenters. The quantitative estimate of drug-likeness (QED) is 0.438. The summed E-state index contributed by atoms with van der Waals surface area (Å²) in [7, 11) is -0.0872. The van der Waals surface area contributed by atoms with Gasteiger partial charge in [-0.2, -0.15) is 0 Å². The number of aryl methyl sites for hydroxylation is 1. The summed E-state index contributed by atoms with van der Waals surface area (Å²) in [5, 5.41) is 0.189. The Morgan fingerprint density at radius 3 is 2.14 bits per heavy atom. The molecule has 0 N–H and O–H groups in total. The normalized spacial score (nSPS) is 22.9. The minimum Gasteiger partial charge on any atom is -0.541 e. The van der Waals surface area contributed by atoms with Crippen molar-refractivity contribution < 1.29 is 9.16 Å². The fourth-order valence-electron chi connectivity index (χ4n) is 5.21. The van der Waals surface area contributed by atoms with Crippen molar-refractivity contribution in [1.29, 1.82) is 0 Å². The Morgan fingerprint density at radius 2 is 1.61 bits per heavy atom. The Hall–Kier alpha value is -0.898. The van der Waals surface area contributed by atoms with Gasteiger partial charge in [0.15, 0.2) is 5.75 Å². The average molecular weight is 400 g/mol. The molecule has 2 saturated heterocycles. The number of benzene rings is 1. The maximum Gasteiger partial charge on any atom is 0.250 e. The summed E-state index contributed by atoms with van der Waals surface area (Å²) in [5.41, 5.74) is 1.39. The molecule has 1 aromatic carbocycles. The molecule has 156 valence electrons. The van der Waals surface area contributed by atoms with Gasteiger partial charge in [-0.05, 0) is 42.2 Å². The zero-order chi connectivity index (χ0) is 20.4. The molecule has 2 bridgehead atoms. The first-order valence-electron chi connectivity index (χ1n) is 11.6. The van der Waals surface area contributed by atoms with Gasteiger partial charge >= 0.3 is 0 Å². The van der Waals surface area contributed by atoms with Crippen LogP contribution in [0.4, 0.5) is 0 Å². The van der Waals surface area contributed by atoms with Crippen LogP contribution in [-0.4, -0.2) is 22.1 Å². The zero-order valence-electron chi connectivity index (χ0n) is 19.1. The monoisotopic (exact) mass is 400 g/mol. The Labute approximate surface area is 175 Å². The number of methoxy groups -OCH3 is 1. The number of hydrogen-bond acceptors (Lipinski definition) is 2. The highest BCUT2D eigenvalue weighted by molar-refractivity contribution is 6.74. The van der Waals surface area contributed by atoms with Crippen LogP contribution in [0.25, 0.3) is 0 Å². The molecule has 2 aliphatic heterocycles. The van der Waals surface area contributed by atoms with E-state index in [4.69, 9.17) is 9.16 Å². The van der Waals surface area contributed by atoms with Gasteiger partial charge in [0.05, 0.1) is 7.11 Å². The molecule has 1 aromatic rings. The molecule has 0 atom stereocenters. The Kier molecular flexibility index (Phi) is 6.89. The van der Waals surface area contributed by atoms with Gasteiger partial charge in [-0.3, -0.25) is 0 Å². The summed E-state index contributed by atoms with van der Waals surface area (Å²) in [4.78, 5) is 0. The lowest BCUT2D eigenvalue weighted by Gasteiger charge is -2.40. The van der Waals surface area contributed by atoms with Gasteiger partial charge in [0.1, 0.15) is 12.5 Å². The lowest BCUT2D eigenvalue weighted by atomic mass is 9.26. The van der Waals surface area contributed by atoms with Crippen LogP contribution >= 0.6 is 0 Å². The van der Waals surface area contributed by atoms with Crippen LogP contribution in [0.5, 0.6) is 11.5 Å². The van der Waals surface area contributed by atoms with E-state index in [2.05, 4.69) is 52.1 Å². The second kappa shape index (κ2) is 8.85. The van der Waals surface area contributed by atoms with Gasteiger partial charge < -0.3 is 9.16 Å². The van der Waals surface area contributed by atoms with Crippen LogP contribution in [0.2, 0.25) is 36.1 Å². The van der Waals surface area contributed by atoms with Gasteiger partial charge in [0.2, 0.25) is 0 Å². The average Bonchev–Trinajstić information content (AvgIpc) is 2.61. The van der Waals surface area contributed by atoms with E-state index in [1.807, 2.05) is 0 Å². The van der Waals surface area contributed by atoms with Crippen LogP contribution in [0.15, 0.2) is 18.2 Å². The first kappa shape index (κ1) is 21.8. The lowest BCUT2D eigenvalue weighted by Crippen LogP contribution is -2.43. The molecule has 2 aliphatic rings. The van der Waals surface area contributed by atoms with Crippen LogP contribution in [-0.2, 0) is 6.42 Å². The second-order valence-corrected chi connectivity index (χ2v) is 15.5. The van der Waals surface area contributed by atoms with Crippen molar-refractivity contribution in [2.24, 2.45) is 0 Å². The molecule has 3 rings (SSSR count). The number of hydrogen-bond donors (Lipinski definition) is 0. The molecule has 0 saturated carbocycles. The molecule has 0 amide bonds. The molecule has 2 heterocycles. The van der Waals surface area contributed by atoms with Crippen molar-refractivity contribution in [2.75, 3.05) is 7.11 Å². The first-order chi connectivity index (χ1) is 13.2. The van der Waals surface area contributed by atoms with Gasteiger partial charge in [0.25, 0.3) is 8.32 Å². The number of rotatable bonds is 7. The van der Waals surface area contributed by atoms with Gasteiger partial charge in [0, 0.05) is 0 Å². The molecule has 2 nitrogen and oxygen atoms in total. The largest absolute Gasteiger partial charge is 0.541 e. The van der Waals surface area contributed by atoms with E-state index in [1.54, 1.807) is 7.11 Å². The van der Waals surface area contributed by atoms with E-state index in [1.165, 1.54) is 56.8 Å². The van der Waals surface area contributed by atoms with Crippen LogP contribution in [0.3, 0.4) is 0 Å². The minimum atomic E-state index is -1.85. The predicted molar refractivity (Wildman–Crippen MR) is 125 cm³/mol. The first-order valence-corrected chi connectivity index (χ1v) is 14.5. The molecule has 4 heteroatoms. The lowest BCUT2D eigenvalue weighted by molar-refractivity contribution is 0.385. The fourth-order valence-corrected chi connectivity index (χ4v) is 6.23. The second-order valence-electron chi connectivity index (χ2n) is 10.8. The molecule has 0 aliphatic carbocycles. The SMILES string of the molecule is COc1cc(CCCB2C3CCCC2CCC3)ccc1O[Si](C)(C)C(C)(C)C. The maximum absolute atomic E-state index is 6.51. The summed E-state index contributed by atoms with van der Waals surface area (Å²) in [6.07, 6.45) is 12.8. The van der Waals surface area contributed by atoms with Crippen LogP contribution in [0.1, 0.15) is 71.3 Å². The van der Waals surface area contributed by atoms with E-state index in [0.717, 1.165) is 36.3 Å². The molecule has 0 spiro atoms. The van der Waals surface area contributed by atoms with E-state index in [9.17, 15) is 0 Å². The topological polar surface area (TPSA) is 18.5 Å². The smallest absolute Gasteiger partial charge is 0.250 e. The van der Waals surface area contributed by atoms with Crippen molar-refractivity contribution in [3.05, 3.63) is 23.8 Å². The van der Waals surface area contributed by atoms with E-state index in [-0.39, 0.29) is 5.04 Å². The van der Waals surface area contributed by atoms with Crippen molar-refractivity contribution in [2.45, 2.75) is 108 Å². The van der Waals surface area contributed by atoms with Crippen molar-refractivity contribution in [1.82, 2.24) is 0 Å². The standard InChI is InChI=1S/C24H41BO2Si/c1-24(2,3)28(5,6)27-22-16-15-19(18-23(22)26-4)10-9-17-25-20-11-7-12-21(25)14-8-13-20/h15-16,18,20-21H,7-14,17H2,1-6H3. The predicted octanol–water partition coefficient (Wildman–Crippen LogP) is 7.61. The fraction of sp³-hybridized carbons (Fsp3) is 0.750. The number of ether oxygens (including phenoxy) is 1. The highest BCUT2D eigenvalue weighted by Crippen LogP contribution is 2.48. The number of fused-ring (bicyclic) bond motifs is 2. The Morgan fingerprint density at radius 1 is 1.00 bits per heavy atom. The molecule has 0 aromatic heterocycles. The van der Waals surface area contributed by atoms with Gasteiger partial charge in [-0.15, -0.1) is 0 Å². The summed E-state index contributed by atoms with van der Waals surface area (Å²) >= 11 is 0. The highest BCUT2D eigenvalue weighted by Gasteiger charge is 2.40. The highest BCUT2D eigenvalue weighted by atomic mass is 28.4. The summed E-state index contributed by atoms with van der Waals surface area (Å²) in [6.45, 7) is 12.4. The Bertz CT molecular complexity index is 630. The van der Waals surface area contributed by atoms with Crippen molar-refractivity contribution in [3.8, 4) is 11.5 Å². The van der Waals surface area contributed by atoms with Crippen molar-refractivity contribution >= 4 is 15.0 Å². The molecular weight excluding hydrogens is 359 g/mol. The molecule has 2 fully saturated rings. The summed E-state index contributed by atoms with van der Waals surface area (Å²) in [6, 6.07) is 6.61. The van der Waals surface area contributed by atoms with E-state index in [0.29, 0.717) is 0 Å². The molecular formula is C24H41BO2Si. The summed E-state index contributed by atoms with van der Waals surface area (Å²) < 4.78 is 12.2. The Balaban J connectivity index is 1.59. The molecule has 28 heavy (non-hydrogen) atoms. The third-order valence-corrected chi connectivity index (χ3v) is 12.3. The van der Waals surface area contributed by atoms with Crippen molar-refractivity contribution in [3.63, 3.8) is 0 Å². The third-order valence-electron chi connectivity index (χ3n) is 7.91. The van der Waals surface area contributed by atoms with E-state index < -0.39 is 8.32 Å². The van der Waals surface area contributed by atoms with Gasteiger partial charge in [-0.25, -0.2) is 0 Å². The van der Waals surface area contributed by atoms with Crippen LogP contribution < -0.4 is 9.16 Å². The maximum atomic E-state index is 6.51. The zero-order valence-corrected chi connectivity index (χ0v) is 20.1. The minimum absolute atomic E-state index is 0.189. The van der Waals surface area contributed by atoms with Crippen LogP contribution in [0, 0.1) is 0 Å². The third kappa shape index (κ3) is 4.98.